The number of fused-ring (bicyclic) bond motifs is 1. The van der Waals surface area contributed by atoms with Gasteiger partial charge in [-0.1, -0.05) is 30.0 Å². The molecule has 4 rings (SSSR count). The molecule has 31 heavy (non-hydrogen) atoms. The molecule has 3 aromatic rings. The molecule has 0 saturated carbocycles. The van der Waals surface area contributed by atoms with E-state index in [4.69, 9.17) is 4.74 Å². The number of anilines is 1. The second kappa shape index (κ2) is 9.35. The maximum absolute atomic E-state index is 12.9. The van der Waals surface area contributed by atoms with Crippen molar-refractivity contribution in [3.05, 3.63) is 60.2 Å². The van der Waals surface area contributed by atoms with Crippen LogP contribution >= 0.6 is 11.8 Å². The van der Waals surface area contributed by atoms with Crippen molar-refractivity contribution in [1.29, 1.82) is 0 Å². The first kappa shape index (κ1) is 21.8. The highest BCUT2D eigenvalue weighted by molar-refractivity contribution is 7.99. The Balaban J connectivity index is 1.50. The van der Waals surface area contributed by atoms with Crippen LogP contribution in [-0.4, -0.2) is 55.7 Å². The van der Waals surface area contributed by atoms with Gasteiger partial charge in [0.05, 0.1) is 34.4 Å². The van der Waals surface area contributed by atoms with Crippen molar-refractivity contribution in [3.63, 3.8) is 0 Å². The minimum absolute atomic E-state index is 0.109. The van der Waals surface area contributed by atoms with Crippen LogP contribution in [0.5, 0.6) is 0 Å². The van der Waals surface area contributed by atoms with E-state index in [2.05, 4.69) is 10.3 Å². The van der Waals surface area contributed by atoms with Gasteiger partial charge >= 0.3 is 0 Å². The maximum atomic E-state index is 12.9. The van der Waals surface area contributed by atoms with Crippen LogP contribution in [-0.2, 0) is 19.6 Å². The van der Waals surface area contributed by atoms with Crippen LogP contribution in [0.4, 0.5) is 5.69 Å². The van der Waals surface area contributed by atoms with Gasteiger partial charge in [0.25, 0.3) is 0 Å². The topological polar surface area (TPSA) is 88.6 Å². The van der Waals surface area contributed by atoms with Crippen LogP contribution in [0.25, 0.3) is 10.9 Å². The zero-order valence-corrected chi connectivity index (χ0v) is 18.7. The number of nitrogens with zero attached hydrogens (tertiary/aromatic N) is 2. The number of benzene rings is 2. The number of aromatic nitrogens is 1. The Bertz CT molecular complexity index is 1190. The molecule has 1 aliphatic rings. The summed E-state index contributed by atoms with van der Waals surface area (Å²) in [5.41, 5.74) is 2.37. The van der Waals surface area contributed by atoms with Crippen molar-refractivity contribution in [2.24, 2.45) is 0 Å². The van der Waals surface area contributed by atoms with E-state index in [9.17, 15) is 13.2 Å². The van der Waals surface area contributed by atoms with Crippen molar-refractivity contribution in [1.82, 2.24) is 9.29 Å². The molecule has 1 aromatic heterocycles. The summed E-state index contributed by atoms with van der Waals surface area (Å²) in [6.07, 6.45) is 0. The largest absolute Gasteiger partial charge is 0.379 e. The number of pyridine rings is 1. The molecule has 0 aliphatic carbocycles. The van der Waals surface area contributed by atoms with Crippen LogP contribution in [0.3, 0.4) is 0 Å². The Morgan fingerprint density at radius 2 is 1.87 bits per heavy atom. The number of hydrogen-bond acceptors (Lipinski definition) is 6. The highest BCUT2D eigenvalue weighted by atomic mass is 32.2. The number of thioether (sulfide) groups is 1. The number of aryl methyl sites for hydroxylation is 1. The van der Waals surface area contributed by atoms with E-state index in [1.54, 1.807) is 18.2 Å². The normalized spacial score (nSPS) is 15.1. The molecule has 0 spiro atoms. The van der Waals surface area contributed by atoms with Crippen molar-refractivity contribution in [3.8, 4) is 0 Å². The number of para-hydroxylation sites is 1. The third-order valence-electron chi connectivity index (χ3n) is 4.98. The third-order valence-corrected chi connectivity index (χ3v) is 7.79. The molecular formula is C22H23N3O4S2. The van der Waals surface area contributed by atoms with Crippen molar-refractivity contribution in [2.45, 2.75) is 16.8 Å². The monoisotopic (exact) mass is 457 g/mol. The average molecular weight is 458 g/mol. The summed E-state index contributed by atoms with van der Waals surface area (Å²) in [5, 5.41) is 4.36. The number of carbonyl (C=O) groups excluding carboxylic acids is 1. The Kier molecular flexibility index (Phi) is 6.57. The van der Waals surface area contributed by atoms with Crippen molar-refractivity contribution >= 4 is 44.3 Å². The fourth-order valence-corrected chi connectivity index (χ4v) is 5.58. The number of morpholine rings is 1. The van der Waals surface area contributed by atoms with Gasteiger partial charge in [0.1, 0.15) is 0 Å². The lowest BCUT2D eigenvalue weighted by Crippen LogP contribution is -2.40. The van der Waals surface area contributed by atoms with Gasteiger partial charge in [-0.15, -0.1) is 0 Å². The van der Waals surface area contributed by atoms with E-state index in [-0.39, 0.29) is 16.6 Å². The lowest BCUT2D eigenvalue weighted by Gasteiger charge is -2.26. The third kappa shape index (κ3) is 5.07. The van der Waals surface area contributed by atoms with E-state index < -0.39 is 10.0 Å². The highest BCUT2D eigenvalue weighted by Crippen LogP contribution is 2.27. The molecule has 2 aromatic carbocycles. The molecule has 162 valence electrons. The van der Waals surface area contributed by atoms with Gasteiger partial charge in [0.15, 0.2) is 0 Å². The summed E-state index contributed by atoms with van der Waals surface area (Å²) in [4.78, 5) is 17.1. The van der Waals surface area contributed by atoms with Crippen LogP contribution in [0.1, 0.15) is 5.56 Å². The van der Waals surface area contributed by atoms with Crippen molar-refractivity contribution < 1.29 is 17.9 Å². The van der Waals surface area contributed by atoms with Gasteiger partial charge < -0.3 is 10.1 Å². The van der Waals surface area contributed by atoms with E-state index in [1.807, 2.05) is 43.3 Å². The molecule has 0 radical (unpaired) electrons. The molecule has 0 unspecified atom stereocenters. The number of nitrogens with one attached hydrogen (secondary N) is 1. The second-order valence-electron chi connectivity index (χ2n) is 7.18. The molecule has 9 heteroatoms. The Morgan fingerprint density at radius 3 is 2.61 bits per heavy atom. The number of ether oxygens (including phenoxy) is 1. The summed E-state index contributed by atoms with van der Waals surface area (Å²) in [7, 11) is -3.56. The summed E-state index contributed by atoms with van der Waals surface area (Å²) >= 11 is 1.35. The van der Waals surface area contributed by atoms with Gasteiger partial charge in [-0.25, -0.2) is 13.4 Å². The lowest BCUT2D eigenvalue weighted by molar-refractivity contribution is -0.113. The summed E-state index contributed by atoms with van der Waals surface area (Å²) < 4.78 is 32.6. The van der Waals surface area contributed by atoms with Crippen LogP contribution in [0, 0.1) is 6.92 Å². The van der Waals surface area contributed by atoms with E-state index in [0.717, 1.165) is 21.7 Å². The molecule has 2 heterocycles. The zero-order valence-electron chi connectivity index (χ0n) is 17.1. The number of sulfonamides is 1. The van der Waals surface area contributed by atoms with E-state index >= 15 is 0 Å². The first-order valence-corrected chi connectivity index (χ1v) is 12.3. The molecule has 7 nitrogen and oxygen atoms in total. The van der Waals surface area contributed by atoms with Crippen LogP contribution in [0.2, 0.25) is 0 Å². The molecule has 1 saturated heterocycles. The smallest absolute Gasteiger partial charge is 0.243 e. The van der Waals surface area contributed by atoms with Crippen LogP contribution < -0.4 is 5.32 Å². The SMILES string of the molecule is Cc1cc(SCC(=O)Nc2ccccc2)nc2ccc(S(=O)(=O)N3CCOCC3)cc12. The Morgan fingerprint density at radius 1 is 1.13 bits per heavy atom. The van der Waals surface area contributed by atoms with Gasteiger partial charge in [-0.3, -0.25) is 4.79 Å². The van der Waals surface area contributed by atoms with E-state index in [0.29, 0.717) is 31.8 Å². The summed E-state index contributed by atoms with van der Waals surface area (Å²) in [6.45, 7) is 3.46. The molecule has 1 fully saturated rings. The van der Waals surface area contributed by atoms with Gasteiger partial charge in [-0.2, -0.15) is 4.31 Å². The fraction of sp³-hybridized carbons (Fsp3) is 0.273. The first-order valence-electron chi connectivity index (χ1n) is 9.90. The van der Waals surface area contributed by atoms with Gasteiger partial charge in [0.2, 0.25) is 15.9 Å². The molecule has 0 bridgehead atoms. The highest BCUT2D eigenvalue weighted by Gasteiger charge is 2.26. The van der Waals surface area contributed by atoms with Gasteiger partial charge in [-0.05, 0) is 48.9 Å². The minimum Gasteiger partial charge on any atom is -0.379 e. The van der Waals surface area contributed by atoms with E-state index in [1.165, 1.54) is 16.1 Å². The first-order chi connectivity index (χ1) is 14.9. The zero-order chi connectivity index (χ0) is 21.8. The van der Waals surface area contributed by atoms with Crippen LogP contribution in [0.15, 0.2) is 64.5 Å². The Hall–Kier alpha value is -2.46. The Labute approximate surface area is 185 Å². The number of rotatable bonds is 6. The standard InChI is InChI=1S/C22H23N3O4S2/c1-16-13-22(30-15-21(26)23-17-5-3-2-4-6-17)24-20-8-7-18(14-19(16)20)31(27,28)25-9-11-29-12-10-25/h2-8,13-14H,9-12,15H2,1H3,(H,23,26). The fourth-order valence-electron chi connectivity index (χ4n) is 3.37. The summed E-state index contributed by atoms with van der Waals surface area (Å²) in [5.74, 6) is 0.124. The predicted molar refractivity (Wildman–Crippen MR) is 122 cm³/mol. The number of hydrogen-bond donors (Lipinski definition) is 1. The second-order valence-corrected chi connectivity index (χ2v) is 10.1. The molecule has 0 atom stereocenters. The number of amides is 1. The number of carbonyl (C=O) groups is 1. The maximum Gasteiger partial charge on any atom is 0.243 e. The quantitative estimate of drug-likeness (QED) is 0.572. The molecule has 1 aliphatic heterocycles. The minimum atomic E-state index is -3.56. The van der Waals surface area contributed by atoms with Crippen molar-refractivity contribution in [2.75, 3.05) is 37.4 Å². The van der Waals surface area contributed by atoms with Gasteiger partial charge in [0, 0.05) is 24.2 Å². The summed E-state index contributed by atoms with van der Waals surface area (Å²) in [6, 6.07) is 16.2. The molecule has 1 N–H and O–H groups in total. The average Bonchev–Trinajstić information content (AvgIpc) is 2.79. The molecular weight excluding hydrogens is 434 g/mol. The lowest BCUT2D eigenvalue weighted by atomic mass is 10.1. The predicted octanol–water partition coefficient (Wildman–Crippen LogP) is 3.29. The molecule has 1 amide bonds.